The number of cyclic esters (lactones) is 1. The Balaban J connectivity index is 2.44. The van der Waals surface area contributed by atoms with Crippen molar-refractivity contribution in [2.45, 2.75) is 13.2 Å². The van der Waals surface area contributed by atoms with Crippen molar-refractivity contribution in [3.05, 3.63) is 29.3 Å². The smallest absolute Gasteiger partial charge is 0.345 e. The Morgan fingerprint density at radius 2 is 2.27 bits per heavy atom. The fraction of sp³-hybridized carbons (Fsp3) is 0.364. The Bertz CT molecular complexity index is 386. The molecule has 80 valence electrons. The van der Waals surface area contributed by atoms with Gasteiger partial charge >= 0.3 is 5.97 Å². The van der Waals surface area contributed by atoms with E-state index in [1.807, 2.05) is 19.1 Å². The molecule has 1 aliphatic rings. The quantitative estimate of drug-likeness (QED) is 0.711. The molecule has 15 heavy (non-hydrogen) atoms. The summed E-state index contributed by atoms with van der Waals surface area (Å²) in [6.45, 7) is 2.35. The van der Waals surface area contributed by atoms with Crippen LogP contribution in [0.3, 0.4) is 0 Å². The minimum Gasteiger partial charge on any atom is -0.496 e. The van der Waals surface area contributed by atoms with Crippen molar-refractivity contribution < 1.29 is 19.0 Å². The molecule has 2 rings (SSSR count). The first-order valence-electron chi connectivity index (χ1n) is 4.77. The van der Waals surface area contributed by atoms with Crippen LogP contribution in [0.15, 0.2) is 18.2 Å². The van der Waals surface area contributed by atoms with Crippen molar-refractivity contribution >= 4 is 5.97 Å². The summed E-state index contributed by atoms with van der Waals surface area (Å²) < 4.78 is 15.5. The predicted octanol–water partition coefficient (Wildman–Crippen LogP) is 1.90. The number of methoxy groups -OCH3 is 1. The Labute approximate surface area is 87.8 Å². The van der Waals surface area contributed by atoms with Crippen LogP contribution in [0.2, 0.25) is 0 Å². The highest BCUT2D eigenvalue weighted by Crippen LogP contribution is 2.36. The van der Waals surface area contributed by atoms with Crippen molar-refractivity contribution in [3.63, 3.8) is 0 Å². The van der Waals surface area contributed by atoms with Gasteiger partial charge in [0.05, 0.1) is 7.11 Å². The van der Waals surface area contributed by atoms with Gasteiger partial charge in [0.2, 0.25) is 6.29 Å². The SMILES string of the molecule is CCOC1OC(=O)c2c(OC)cccc21. The number of benzene rings is 1. The highest BCUT2D eigenvalue weighted by molar-refractivity contribution is 5.96. The molecule has 0 amide bonds. The topological polar surface area (TPSA) is 44.8 Å². The number of ether oxygens (including phenoxy) is 3. The Morgan fingerprint density at radius 3 is 2.93 bits per heavy atom. The van der Waals surface area contributed by atoms with Crippen LogP contribution in [0.1, 0.15) is 29.1 Å². The fourth-order valence-electron chi connectivity index (χ4n) is 1.63. The summed E-state index contributed by atoms with van der Waals surface area (Å²) in [5.41, 5.74) is 1.21. The van der Waals surface area contributed by atoms with Crippen LogP contribution in [-0.2, 0) is 9.47 Å². The van der Waals surface area contributed by atoms with E-state index in [0.29, 0.717) is 17.9 Å². The van der Waals surface area contributed by atoms with Crippen molar-refractivity contribution in [1.82, 2.24) is 0 Å². The van der Waals surface area contributed by atoms with Crippen LogP contribution in [-0.4, -0.2) is 19.7 Å². The van der Waals surface area contributed by atoms with Gasteiger partial charge in [-0.3, -0.25) is 0 Å². The van der Waals surface area contributed by atoms with E-state index in [4.69, 9.17) is 14.2 Å². The van der Waals surface area contributed by atoms with Gasteiger partial charge < -0.3 is 14.2 Å². The summed E-state index contributed by atoms with van der Waals surface area (Å²) in [5.74, 6) is 0.139. The van der Waals surface area contributed by atoms with E-state index >= 15 is 0 Å². The van der Waals surface area contributed by atoms with E-state index in [1.165, 1.54) is 7.11 Å². The van der Waals surface area contributed by atoms with Crippen LogP contribution in [0, 0.1) is 0 Å². The van der Waals surface area contributed by atoms with Crippen molar-refractivity contribution in [2.75, 3.05) is 13.7 Å². The first-order chi connectivity index (χ1) is 7.27. The number of hydrogen-bond acceptors (Lipinski definition) is 4. The lowest BCUT2D eigenvalue weighted by Gasteiger charge is -2.09. The van der Waals surface area contributed by atoms with Crippen LogP contribution in [0.25, 0.3) is 0 Å². The second-order valence-corrected chi connectivity index (χ2v) is 3.12. The lowest BCUT2D eigenvalue weighted by molar-refractivity contribution is -0.0993. The van der Waals surface area contributed by atoms with Gasteiger partial charge in [0.1, 0.15) is 11.3 Å². The number of fused-ring (bicyclic) bond motifs is 1. The average molecular weight is 208 g/mol. The zero-order valence-electron chi connectivity index (χ0n) is 8.65. The Kier molecular flexibility index (Phi) is 2.60. The van der Waals surface area contributed by atoms with Crippen molar-refractivity contribution in [3.8, 4) is 5.75 Å². The highest BCUT2D eigenvalue weighted by Gasteiger charge is 2.34. The second kappa shape index (κ2) is 3.90. The molecule has 0 radical (unpaired) electrons. The molecule has 0 saturated carbocycles. The normalized spacial score (nSPS) is 18.5. The van der Waals surface area contributed by atoms with Gasteiger partial charge in [-0.05, 0) is 13.0 Å². The molecule has 4 heteroatoms. The molecule has 0 N–H and O–H groups in total. The molecule has 1 unspecified atom stereocenters. The van der Waals surface area contributed by atoms with Crippen LogP contribution >= 0.6 is 0 Å². The van der Waals surface area contributed by atoms with Gasteiger partial charge in [0.15, 0.2) is 0 Å². The summed E-state index contributed by atoms with van der Waals surface area (Å²) in [6.07, 6.45) is -0.590. The largest absolute Gasteiger partial charge is 0.496 e. The van der Waals surface area contributed by atoms with Gasteiger partial charge in [0, 0.05) is 12.2 Å². The number of hydrogen-bond donors (Lipinski definition) is 0. The molecule has 0 spiro atoms. The summed E-state index contributed by atoms with van der Waals surface area (Å²) in [5, 5.41) is 0. The van der Waals surface area contributed by atoms with Crippen molar-refractivity contribution in [1.29, 1.82) is 0 Å². The van der Waals surface area contributed by atoms with E-state index in [2.05, 4.69) is 0 Å². The third-order valence-corrected chi connectivity index (χ3v) is 2.27. The highest BCUT2D eigenvalue weighted by atomic mass is 16.7. The summed E-state index contributed by atoms with van der Waals surface area (Å²) in [4.78, 5) is 11.5. The maximum atomic E-state index is 11.5. The van der Waals surface area contributed by atoms with E-state index in [0.717, 1.165) is 5.56 Å². The zero-order chi connectivity index (χ0) is 10.8. The van der Waals surface area contributed by atoms with Crippen LogP contribution < -0.4 is 4.74 Å². The maximum absolute atomic E-state index is 11.5. The van der Waals surface area contributed by atoms with E-state index in [9.17, 15) is 4.79 Å². The molecule has 1 atom stereocenters. The van der Waals surface area contributed by atoms with Crippen molar-refractivity contribution in [2.24, 2.45) is 0 Å². The van der Waals surface area contributed by atoms with Gasteiger partial charge in [-0.25, -0.2) is 4.79 Å². The molecular formula is C11H12O4. The standard InChI is InChI=1S/C11H12O4/c1-3-14-11-7-5-4-6-8(13-2)9(7)10(12)15-11/h4-6,11H,3H2,1-2H3. The molecule has 1 heterocycles. The number of esters is 1. The molecular weight excluding hydrogens is 196 g/mol. The van der Waals surface area contributed by atoms with Gasteiger partial charge in [-0.1, -0.05) is 12.1 Å². The first-order valence-corrected chi connectivity index (χ1v) is 4.77. The predicted molar refractivity (Wildman–Crippen MR) is 52.8 cm³/mol. The van der Waals surface area contributed by atoms with Crippen LogP contribution in [0.4, 0.5) is 0 Å². The molecule has 0 aliphatic carbocycles. The lowest BCUT2D eigenvalue weighted by atomic mass is 10.1. The van der Waals surface area contributed by atoms with E-state index in [-0.39, 0.29) is 5.97 Å². The molecule has 4 nitrogen and oxygen atoms in total. The molecule has 1 aromatic carbocycles. The third kappa shape index (κ3) is 1.57. The summed E-state index contributed by atoms with van der Waals surface area (Å²) in [6, 6.07) is 5.35. The lowest BCUT2D eigenvalue weighted by Crippen LogP contribution is -2.03. The van der Waals surface area contributed by atoms with E-state index in [1.54, 1.807) is 6.07 Å². The molecule has 0 bridgehead atoms. The second-order valence-electron chi connectivity index (χ2n) is 3.12. The molecule has 1 aromatic rings. The molecule has 0 saturated heterocycles. The summed E-state index contributed by atoms with van der Waals surface area (Å²) >= 11 is 0. The number of carbonyl (C=O) groups excluding carboxylic acids is 1. The third-order valence-electron chi connectivity index (χ3n) is 2.27. The fourth-order valence-corrected chi connectivity index (χ4v) is 1.63. The van der Waals surface area contributed by atoms with Gasteiger partial charge in [0.25, 0.3) is 0 Å². The molecule has 1 aliphatic heterocycles. The number of carbonyl (C=O) groups is 1. The van der Waals surface area contributed by atoms with Gasteiger partial charge in [-0.2, -0.15) is 0 Å². The van der Waals surface area contributed by atoms with E-state index < -0.39 is 6.29 Å². The molecule has 0 fully saturated rings. The zero-order valence-corrected chi connectivity index (χ0v) is 8.65. The van der Waals surface area contributed by atoms with Gasteiger partial charge in [-0.15, -0.1) is 0 Å². The summed E-state index contributed by atoms with van der Waals surface area (Å²) in [7, 11) is 1.52. The minimum atomic E-state index is -0.590. The Hall–Kier alpha value is -1.55. The maximum Gasteiger partial charge on any atom is 0.345 e. The Morgan fingerprint density at radius 1 is 1.47 bits per heavy atom. The monoisotopic (exact) mass is 208 g/mol. The first kappa shape index (κ1) is 9.98. The average Bonchev–Trinajstić information content (AvgIpc) is 2.57. The number of rotatable bonds is 3. The van der Waals surface area contributed by atoms with Crippen LogP contribution in [0.5, 0.6) is 5.75 Å². The molecule has 0 aromatic heterocycles. The minimum absolute atomic E-state index is 0.388.